The molecule has 1 aromatic carbocycles. The molecule has 25 heavy (non-hydrogen) atoms. The van der Waals surface area contributed by atoms with Gasteiger partial charge in [-0.1, -0.05) is 11.6 Å². The maximum Gasteiger partial charge on any atom is 0.313 e. The van der Waals surface area contributed by atoms with Crippen LogP contribution >= 0.6 is 34.7 Å². The van der Waals surface area contributed by atoms with Crippen LogP contribution in [0.3, 0.4) is 0 Å². The van der Waals surface area contributed by atoms with Crippen LogP contribution in [0.2, 0.25) is 4.34 Å². The summed E-state index contributed by atoms with van der Waals surface area (Å²) in [7, 11) is 1.53. The molecule has 0 fully saturated rings. The van der Waals surface area contributed by atoms with Crippen molar-refractivity contribution in [1.82, 2.24) is 0 Å². The molecule has 1 heterocycles. The Morgan fingerprint density at radius 1 is 1.24 bits per heavy atom. The van der Waals surface area contributed by atoms with Crippen LogP contribution in [0.4, 0.5) is 5.00 Å². The number of carboxylic acids is 1. The fraction of sp³-hybridized carbons (Fsp3) is 0.188. The molecular weight excluding hydrogens is 386 g/mol. The van der Waals surface area contributed by atoms with Crippen LogP contribution in [0, 0.1) is 0 Å². The van der Waals surface area contributed by atoms with Gasteiger partial charge in [0.15, 0.2) is 5.78 Å². The Bertz CT molecular complexity index is 788. The second-order valence-corrected chi connectivity index (χ2v) is 7.45. The number of amides is 1. The average Bonchev–Trinajstić information content (AvgIpc) is 2.94. The van der Waals surface area contributed by atoms with Crippen molar-refractivity contribution in [2.24, 2.45) is 0 Å². The Kier molecular flexibility index (Phi) is 6.86. The predicted molar refractivity (Wildman–Crippen MR) is 99.3 cm³/mol. The number of anilines is 1. The van der Waals surface area contributed by atoms with E-state index in [9.17, 15) is 14.4 Å². The molecule has 6 nitrogen and oxygen atoms in total. The summed E-state index contributed by atoms with van der Waals surface area (Å²) in [6.07, 6.45) is 0. The lowest BCUT2D eigenvalue weighted by atomic mass is 10.1. The number of thiophene rings is 1. The normalized spacial score (nSPS) is 10.3. The molecule has 1 aromatic heterocycles. The molecule has 0 unspecified atom stereocenters. The Hall–Kier alpha value is -2.03. The number of hydrogen-bond acceptors (Lipinski definition) is 6. The van der Waals surface area contributed by atoms with E-state index in [-0.39, 0.29) is 22.9 Å². The highest BCUT2D eigenvalue weighted by atomic mass is 35.5. The van der Waals surface area contributed by atoms with Crippen molar-refractivity contribution in [3.05, 3.63) is 45.8 Å². The van der Waals surface area contributed by atoms with Gasteiger partial charge >= 0.3 is 5.97 Å². The number of carbonyl (C=O) groups excluding carboxylic acids is 2. The van der Waals surface area contributed by atoms with Crippen molar-refractivity contribution in [2.45, 2.75) is 0 Å². The first-order valence-electron chi connectivity index (χ1n) is 6.98. The van der Waals surface area contributed by atoms with Crippen LogP contribution in [0.1, 0.15) is 15.9 Å². The third-order valence-corrected chi connectivity index (χ3v) is 5.11. The molecule has 0 bridgehead atoms. The van der Waals surface area contributed by atoms with Gasteiger partial charge in [-0.3, -0.25) is 14.4 Å². The van der Waals surface area contributed by atoms with Crippen LogP contribution < -0.4 is 10.1 Å². The van der Waals surface area contributed by atoms with Gasteiger partial charge in [-0.25, -0.2) is 0 Å². The number of aliphatic carboxylic acids is 1. The van der Waals surface area contributed by atoms with Crippen LogP contribution in [0.25, 0.3) is 0 Å². The highest BCUT2D eigenvalue weighted by Crippen LogP contribution is 2.33. The molecule has 0 saturated carbocycles. The number of methoxy groups -OCH3 is 1. The molecule has 0 spiro atoms. The third-order valence-electron chi connectivity index (χ3n) is 3.01. The first kappa shape index (κ1) is 19.3. The summed E-state index contributed by atoms with van der Waals surface area (Å²) < 4.78 is 5.42. The number of nitrogens with one attached hydrogen (secondary N) is 1. The number of carbonyl (C=O) groups is 3. The number of benzene rings is 1. The van der Waals surface area contributed by atoms with Gasteiger partial charge in [0.2, 0.25) is 5.91 Å². The molecule has 0 aliphatic heterocycles. The van der Waals surface area contributed by atoms with Crippen molar-refractivity contribution >= 4 is 57.4 Å². The van der Waals surface area contributed by atoms with Gasteiger partial charge in [0, 0.05) is 5.56 Å². The summed E-state index contributed by atoms with van der Waals surface area (Å²) in [4.78, 5) is 35.0. The quantitative estimate of drug-likeness (QED) is 0.661. The lowest BCUT2D eigenvalue weighted by Crippen LogP contribution is -2.16. The second kappa shape index (κ2) is 8.89. The molecule has 2 rings (SSSR count). The first-order chi connectivity index (χ1) is 11.9. The Morgan fingerprint density at radius 3 is 2.52 bits per heavy atom. The summed E-state index contributed by atoms with van der Waals surface area (Å²) in [5.41, 5.74) is 0.725. The number of ketones is 1. The molecule has 1 amide bonds. The minimum atomic E-state index is -0.993. The van der Waals surface area contributed by atoms with Gasteiger partial charge in [-0.2, -0.15) is 0 Å². The zero-order valence-electron chi connectivity index (χ0n) is 13.1. The monoisotopic (exact) mass is 399 g/mol. The highest BCUT2D eigenvalue weighted by molar-refractivity contribution is 8.00. The standard InChI is InChI=1S/C16H14ClNO5S2/c1-23-10-4-2-9(3-5-10)15(22)11-6-12(17)25-16(11)18-13(19)7-24-8-14(20)21/h2-6H,7-8H2,1H3,(H,18,19)(H,20,21). The van der Waals surface area contributed by atoms with Crippen LogP contribution in [0.5, 0.6) is 5.75 Å². The average molecular weight is 400 g/mol. The number of thioether (sulfide) groups is 1. The maximum absolute atomic E-state index is 12.6. The molecule has 132 valence electrons. The van der Waals surface area contributed by atoms with Crippen molar-refractivity contribution in [2.75, 3.05) is 23.9 Å². The summed E-state index contributed by atoms with van der Waals surface area (Å²) in [6, 6.07) is 8.09. The summed E-state index contributed by atoms with van der Waals surface area (Å²) in [6.45, 7) is 0. The van der Waals surface area contributed by atoms with Gasteiger partial charge in [-0.05, 0) is 30.3 Å². The summed E-state index contributed by atoms with van der Waals surface area (Å²) in [5.74, 6) is -1.24. The Labute approximate surface area is 157 Å². The van der Waals surface area contributed by atoms with Crippen LogP contribution in [-0.4, -0.2) is 41.4 Å². The molecule has 0 saturated heterocycles. The first-order valence-corrected chi connectivity index (χ1v) is 9.33. The van der Waals surface area contributed by atoms with Crippen molar-refractivity contribution in [1.29, 1.82) is 0 Å². The topological polar surface area (TPSA) is 92.7 Å². The molecule has 9 heteroatoms. The maximum atomic E-state index is 12.6. The highest BCUT2D eigenvalue weighted by Gasteiger charge is 2.19. The van der Waals surface area contributed by atoms with Crippen molar-refractivity contribution in [3.8, 4) is 5.75 Å². The van der Waals surface area contributed by atoms with Crippen molar-refractivity contribution in [3.63, 3.8) is 0 Å². The fourth-order valence-corrected chi connectivity index (χ4v) is 3.59. The lowest BCUT2D eigenvalue weighted by Gasteiger charge is -2.06. The predicted octanol–water partition coefficient (Wildman–Crippen LogP) is 3.40. The zero-order chi connectivity index (χ0) is 18.4. The summed E-state index contributed by atoms with van der Waals surface area (Å²) >= 11 is 8.03. The molecule has 2 aromatic rings. The largest absolute Gasteiger partial charge is 0.497 e. The second-order valence-electron chi connectivity index (χ2n) is 4.79. The lowest BCUT2D eigenvalue weighted by molar-refractivity contribution is -0.133. The van der Waals surface area contributed by atoms with E-state index in [4.69, 9.17) is 21.4 Å². The molecule has 0 aliphatic carbocycles. The van der Waals surface area contributed by atoms with E-state index in [1.165, 1.54) is 13.2 Å². The van der Waals surface area contributed by atoms with E-state index in [1.54, 1.807) is 24.3 Å². The van der Waals surface area contributed by atoms with E-state index in [0.29, 0.717) is 20.7 Å². The number of rotatable bonds is 8. The van der Waals surface area contributed by atoms with E-state index >= 15 is 0 Å². The molecule has 0 aliphatic rings. The zero-order valence-corrected chi connectivity index (χ0v) is 15.5. The van der Waals surface area contributed by atoms with E-state index in [1.807, 2.05) is 0 Å². The van der Waals surface area contributed by atoms with Gasteiger partial charge in [0.05, 0.1) is 28.5 Å². The SMILES string of the molecule is COc1ccc(C(=O)c2cc(Cl)sc2NC(=O)CSCC(=O)O)cc1. The summed E-state index contributed by atoms with van der Waals surface area (Å²) in [5, 5.41) is 11.5. The van der Waals surface area contributed by atoms with Crippen LogP contribution in [0.15, 0.2) is 30.3 Å². The molecule has 2 N–H and O–H groups in total. The molecule has 0 atom stereocenters. The van der Waals surface area contributed by atoms with Crippen LogP contribution in [-0.2, 0) is 9.59 Å². The van der Waals surface area contributed by atoms with Gasteiger partial charge in [0.25, 0.3) is 0 Å². The number of ether oxygens (including phenoxy) is 1. The number of hydrogen-bond donors (Lipinski definition) is 2. The van der Waals surface area contributed by atoms with Crippen molar-refractivity contribution < 1.29 is 24.2 Å². The molecular formula is C16H14ClNO5S2. The third kappa shape index (κ3) is 5.48. The minimum Gasteiger partial charge on any atom is -0.497 e. The smallest absolute Gasteiger partial charge is 0.313 e. The van der Waals surface area contributed by atoms with Gasteiger partial charge < -0.3 is 15.2 Å². The fourth-order valence-electron chi connectivity index (χ4n) is 1.91. The number of halogens is 1. The van der Waals surface area contributed by atoms with E-state index in [0.717, 1.165) is 23.1 Å². The minimum absolute atomic E-state index is 0.0298. The van der Waals surface area contributed by atoms with E-state index < -0.39 is 11.9 Å². The van der Waals surface area contributed by atoms with E-state index in [2.05, 4.69) is 5.32 Å². The molecule has 0 radical (unpaired) electrons. The van der Waals surface area contributed by atoms with Gasteiger partial charge in [-0.15, -0.1) is 23.1 Å². The Balaban J connectivity index is 2.12. The van der Waals surface area contributed by atoms with Gasteiger partial charge in [0.1, 0.15) is 10.8 Å². The number of carboxylic acid groups (broad SMARTS) is 1. The Morgan fingerprint density at radius 2 is 1.92 bits per heavy atom.